The average Bonchev–Trinajstić information content (AvgIpc) is 2.79. The number of hydrogen-bond donors (Lipinski definition) is 1. The Morgan fingerprint density at radius 2 is 1.79 bits per heavy atom. The third-order valence-corrected chi connectivity index (χ3v) is 6.92. The molecule has 11 heteroatoms. The van der Waals surface area contributed by atoms with Crippen LogP contribution in [0.4, 0.5) is 27.6 Å². The summed E-state index contributed by atoms with van der Waals surface area (Å²) in [5, 5.41) is 0. The summed E-state index contributed by atoms with van der Waals surface area (Å²) in [5.74, 6) is -1.34. The second-order valence-corrected chi connectivity index (χ2v) is 9.21. The van der Waals surface area contributed by atoms with Gasteiger partial charge >= 0.3 is 6.18 Å². The fourth-order valence-corrected chi connectivity index (χ4v) is 5.05. The molecule has 0 amide bonds. The molecule has 0 aromatic heterocycles. The lowest BCUT2D eigenvalue weighted by atomic mass is 10.0. The summed E-state index contributed by atoms with van der Waals surface area (Å²) in [5.41, 5.74) is 4.55. The number of benzene rings is 3. The summed E-state index contributed by atoms with van der Waals surface area (Å²) < 4.78 is 101. The lowest BCUT2D eigenvalue weighted by Gasteiger charge is -2.35. The molecule has 3 aromatic carbocycles. The van der Waals surface area contributed by atoms with Crippen LogP contribution in [0.5, 0.6) is 5.75 Å². The van der Waals surface area contributed by atoms with Crippen LogP contribution in [-0.2, 0) is 16.2 Å². The molecule has 33 heavy (non-hydrogen) atoms. The number of nitrogens with zero attached hydrogens (tertiary/aromatic N) is 1. The first-order valence-corrected chi connectivity index (χ1v) is 11.1. The van der Waals surface area contributed by atoms with Crippen molar-refractivity contribution < 1.29 is 35.1 Å². The minimum atomic E-state index is -4.74. The SMILES string of the molecule is NCC1CN(S(=O)(=O)c2cccc(C(F)(F)F)c2)c2cc(-c3cc(F)ccc3F)ccc2O1. The molecule has 4 rings (SSSR count). The Balaban J connectivity index is 1.85. The van der Waals surface area contributed by atoms with Crippen LogP contribution in [0.15, 0.2) is 65.6 Å². The summed E-state index contributed by atoms with van der Waals surface area (Å²) in [6.45, 7) is -0.342. The molecule has 1 unspecified atom stereocenters. The maximum Gasteiger partial charge on any atom is 0.416 e. The van der Waals surface area contributed by atoms with Crippen LogP contribution in [-0.4, -0.2) is 27.6 Å². The molecule has 0 fully saturated rings. The molecule has 0 spiro atoms. The number of alkyl halides is 3. The lowest BCUT2D eigenvalue weighted by molar-refractivity contribution is -0.137. The number of fused-ring (bicyclic) bond motifs is 1. The van der Waals surface area contributed by atoms with Crippen LogP contribution in [0.1, 0.15) is 5.56 Å². The van der Waals surface area contributed by atoms with Crippen molar-refractivity contribution in [3.05, 3.63) is 77.9 Å². The molecule has 0 saturated heterocycles. The molecule has 1 aliphatic rings. The van der Waals surface area contributed by atoms with Crippen molar-refractivity contribution in [2.45, 2.75) is 17.2 Å². The second-order valence-electron chi connectivity index (χ2n) is 7.34. The number of anilines is 1. The van der Waals surface area contributed by atoms with E-state index in [4.69, 9.17) is 10.5 Å². The van der Waals surface area contributed by atoms with Gasteiger partial charge in [-0.25, -0.2) is 17.2 Å². The van der Waals surface area contributed by atoms with Crippen LogP contribution in [0.3, 0.4) is 0 Å². The fraction of sp³-hybridized carbons (Fsp3) is 0.182. The van der Waals surface area contributed by atoms with Gasteiger partial charge in [0.1, 0.15) is 23.5 Å². The number of halogens is 5. The number of rotatable bonds is 4. The Labute approximate surface area is 186 Å². The number of ether oxygens (including phenoxy) is 1. The van der Waals surface area contributed by atoms with E-state index in [1.54, 1.807) is 0 Å². The van der Waals surface area contributed by atoms with Crippen molar-refractivity contribution in [1.29, 1.82) is 0 Å². The molecule has 5 nitrogen and oxygen atoms in total. The minimum Gasteiger partial charge on any atom is -0.485 e. The van der Waals surface area contributed by atoms with Gasteiger partial charge in [-0.2, -0.15) is 13.2 Å². The maximum absolute atomic E-state index is 14.3. The molecule has 1 aliphatic heterocycles. The predicted molar refractivity (Wildman–Crippen MR) is 111 cm³/mol. The Morgan fingerprint density at radius 1 is 1.03 bits per heavy atom. The van der Waals surface area contributed by atoms with Gasteiger partial charge in [-0.1, -0.05) is 12.1 Å². The van der Waals surface area contributed by atoms with Crippen molar-refractivity contribution in [2.75, 3.05) is 17.4 Å². The lowest BCUT2D eigenvalue weighted by Crippen LogP contribution is -2.46. The first-order chi connectivity index (χ1) is 15.5. The van der Waals surface area contributed by atoms with E-state index in [0.29, 0.717) is 6.07 Å². The van der Waals surface area contributed by atoms with Gasteiger partial charge in [0, 0.05) is 12.1 Å². The van der Waals surface area contributed by atoms with E-state index in [0.717, 1.165) is 40.7 Å². The summed E-state index contributed by atoms with van der Waals surface area (Å²) in [7, 11) is -4.49. The van der Waals surface area contributed by atoms with Crippen molar-refractivity contribution >= 4 is 15.7 Å². The molecule has 3 aromatic rings. The molecular weight excluding hydrogens is 467 g/mol. The summed E-state index contributed by atoms with van der Waals surface area (Å²) in [6.07, 6.45) is -5.51. The quantitative estimate of drug-likeness (QED) is 0.551. The van der Waals surface area contributed by atoms with Crippen LogP contribution in [0, 0.1) is 11.6 Å². The molecule has 2 N–H and O–H groups in total. The zero-order chi connectivity index (χ0) is 24.0. The number of sulfonamides is 1. The second kappa shape index (κ2) is 8.31. The standard InChI is InChI=1S/C22H17F5N2O3S/c23-15-5-6-19(24)18(10-15)13-4-7-21-20(8-13)29(12-16(11-28)32-21)33(30,31)17-3-1-2-14(9-17)22(25,26)27/h1-10,16H,11-12,28H2. The zero-order valence-electron chi connectivity index (χ0n) is 16.8. The van der Waals surface area contributed by atoms with Gasteiger partial charge in [-0.05, 0) is 54.1 Å². The van der Waals surface area contributed by atoms with Crippen LogP contribution in [0.25, 0.3) is 11.1 Å². The van der Waals surface area contributed by atoms with E-state index < -0.39 is 44.4 Å². The van der Waals surface area contributed by atoms with Gasteiger partial charge in [-0.3, -0.25) is 4.31 Å². The number of nitrogens with two attached hydrogens (primary N) is 1. The largest absolute Gasteiger partial charge is 0.485 e. The highest BCUT2D eigenvalue weighted by molar-refractivity contribution is 7.92. The Hall–Kier alpha value is -3.18. The van der Waals surface area contributed by atoms with Gasteiger partial charge < -0.3 is 10.5 Å². The van der Waals surface area contributed by atoms with E-state index >= 15 is 0 Å². The highest BCUT2D eigenvalue weighted by Crippen LogP contribution is 2.41. The smallest absolute Gasteiger partial charge is 0.416 e. The summed E-state index contributed by atoms with van der Waals surface area (Å²) >= 11 is 0. The maximum atomic E-state index is 14.3. The zero-order valence-corrected chi connectivity index (χ0v) is 17.6. The Bertz CT molecular complexity index is 1310. The first kappa shape index (κ1) is 23.0. The summed E-state index contributed by atoms with van der Waals surface area (Å²) in [6, 6.07) is 10.3. The fourth-order valence-electron chi connectivity index (χ4n) is 3.51. The van der Waals surface area contributed by atoms with Crippen molar-refractivity contribution in [2.24, 2.45) is 5.73 Å². The Morgan fingerprint density at radius 3 is 2.48 bits per heavy atom. The molecule has 0 aliphatic carbocycles. The average molecular weight is 484 g/mol. The van der Waals surface area contributed by atoms with Crippen molar-refractivity contribution in [1.82, 2.24) is 0 Å². The van der Waals surface area contributed by atoms with Crippen molar-refractivity contribution in [3.8, 4) is 16.9 Å². The highest BCUT2D eigenvalue weighted by atomic mass is 32.2. The van der Waals surface area contributed by atoms with Gasteiger partial charge in [0.15, 0.2) is 0 Å². The van der Waals surface area contributed by atoms with Gasteiger partial charge in [0.05, 0.1) is 22.7 Å². The monoisotopic (exact) mass is 484 g/mol. The van der Waals surface area contributed by atoms with E-state index in [2.05, 4.69) is 0 Å². The van der Waals surface area contributed by atoms with E-state index in [1.807, 2.05) is 0 Å². The predicted octanol–water partition coefficient (Wildman–Crippen LogP) is 4.57. The first-order valence-electron chi connectivity index (χ1n) is 9.67. The number of hydrogen-bond acceptors (Lipinski definition) is 4. The third-order valence-electron chi connectivity index (χ3n) is 5.14. The molecule has 0 saturated carbocycles. The molecule has 0 bridgehead atoms. The highest BCUT2D eigenvalue weighted by Gasteiger charge is 2.37. The summed E-state index contributed by atoms with van der Waals surface area (Å²) in [4.78, 5) is -0.580. The topological polar surface area (TPSA) is 72.6 Å². The minimum absolute atomic E-state index is 0.0294. The molecule has 174 valence electrons. The Kier molecular flexibility index (Phi) is 5.79. The van der Waals surface area contributed by atoms with Gasteiger partial charge in [0.25, 0.3) is 10.0 Å². The van der Waals surface area contributed by atoms with Crippen LogP contribution >= 0.6 is 0 Å². The van der Waals surface area contributed by atoms with Gasteiger partial charge in [-0.15, -0.1) is 0 Å². The van der Waals surface area contributed by atoms with Crippen LogP contribution < -0.4 is 14.8 Å². The molecule has 0 radical (unpaired) electrons. The molecular formula is C22H17F5N2O3S. The van der Waals surface area contributed by atoms with E-state index in [9.17, 15) is 30.4 Å². The van der Waals surface area contributed by atoms with E-state index in [1.165, 1.54) is 18.2 Å². The van der Waals surface area contributed by atoms with Crippen molar-refractivity contribution in [3.63, 3.8) is 0 Å². The normalized spacial score (nSPS) is 16.3. The van der Waals surface area contributed by atoms with E-state index in [-0.39, 0.29) is 35.7 Å². The molecule has 1 heterocycles. The van der Waals surface area contributed by atoms with Crippen LogP contribution in [0.2, 0.25) is 0 Å². The molecule has 1 atom stereocenters. The van der Waals surface area contributed by atoms with Gasteiger partial charge in [0.2, 0.25) is 0 Å². The third kappa shape index (κ3) is 4.38.